The fraction of sp³-hybridized carbons (Fsp3) is 1.00. The van der Waals surface area contributed by atoms with Crippen LogP contribution in [0.25, 0.3) is 0 Å². The van der Waals surface area contributed by atoms with Gasteiger partial charge in [-0.2, -0.15) is 0 Å². The second-order valence-corrected chi connectivity index (χ2v) is 3.17. The molecule has 1 aliphatic rings. The first-order valence-electron chi connectivity index (χ1n) is 3.49. The third-order valence-corrected chi connectivity index (χ3v) is 2.26. The average molecular weight is 130 g/mol. The zero-order valence-electron chi connectivity index (χ0n) is 5.91. The van der Waals surface area contributed by atoms with E-state index in [0.717, 1.165) is 6.42 Å². The van der Waals surface area contributed by atoms with Crippen LogP contribution < -0.4 is 0 Å². The lowest BCUT2D eigenvalue weighted by Crippen LogP contribution is -2.26. The van der Waals surface area contributed by atoms with Crippen LogP contribution in [0.5, 0.6) is 0 Å². The molecule has 0 unspecified atom stereocenters. The molecule has 1 rings (SSSR count). The predicted molar refractivity (Wildman–Crippen MR) is 35.0 cm³/mol. The number of aliphatic hydroxyl groups is 2. The van der Waals surface area contributed by atoms with Crippen LogP contribution in [0.3, 0.4) is 0 Å². The van der Waals surface area contributed by atoms with Crippen LogP contribution in [-0.4, -0.2) is 22.4 Å². The lowest BCUT2D eigenvalue weighted by Gasteiger charge is -2.11. The fourth-order valence-electron chi connectivity index (χ4n) is 1.54. The summed E-state index contributed by atoms with van der Waals surface area (Å²) in [6.07, 6.45) is -0.0255. The smallest absolute Gasteiger partial charge is 0.0827 e. The Labute approximate surface area is 55.5 Å². The average Bonchev–Trinajstić information content (AvgIpc) is 1.98. The molecule has 2 N–H and O–H groups in total. The van der Waals surface area contributed by atoms with Gasteiger partial charge in [-0.25, -0.2) is 0 Å². The summed E-state index contributed by atoms with van der Waals surface area (Å²) in [7, 11) is 0. The Morgan fingerprint density at radius 3 is 1.44 bits per heavy atom. The summed E-state index contributed by atoms with van der Waals surface area (Å²) in [6.45, 7) is 3.94. The lowest BCUT2D eigenvalue weighted by atomic mass is 10.1. The van der Waals surface area contributed by atoms with Crippen LogP contribution in [0.4, 0.5) is 0 Å². The van der Waals surface area contributed by atoms with Crippen molar-refractivity contribution in [2.75, 3.05) is 0 Å². The van der Waals surface area contributed by atoms with Crippen molar-refractivity contribution in [2.45, 2.75) is 32.5 Å². The largest absolute Gasteiger partial charge is 0.390 e. The molecule has 1 aliphatic carbocycles. The van der Waals surface area contributed by atoms with Gasteiger partial charge >= 0.3 is 0 Å². The maximum absolute atomic E-state index is 9.19. The maximum atomic E-state index is 9.19. The lowest BCUT2D eigenvalue weighted by molar-refractivity contribution is 0.00981. The molecule has 0 radical (unpaired) electrons. The van der Waals surface area contributed by atoms with Gasteiger partial charge in [-0.05, 0) is 18.3 Å². The monoisotopic (exact) mass is 130 g/mol. The highest BCUT2D eigenvalue weighted by Gasteiger charge is 2.35. The maximum Gasteiger partial charge on any atom is 0.0827 e. The number of hydrogen-bond acceptors (Lipinski definition) is 2. The van der Waals surface area contributed by atoms with Gasteiger partial charge in [0.15, 0.2) is 0 Å². The summed E-state index contributed by atoms with van der Waals surface area (Å²) in [5, 5.41) is 18.4. The van der Waals surface area contributed by atoms with Gasteiger partial charge in [0.2, 0.25) is 0 Å². The minimum absolute atomic E-state index is 0.273. The highest BCUT2D eigenvalue weighted by Crippen LogP contribution is 2.30. The Hall–Kier alpha value is -0.0800. The van der Waals surface area contributed by atoms with E-state index in [1.165, 1.54) is 0 Å². The van der Waals surface area contributed by atoms with Gasteiger partial charge in [0.25, 0.3) is 0 Å². The van der Waals surface area contributed by atoms with Crippen molar-refractivity contribution < 1.29 is 10.2 Å². The molecule has 0 aromatic carbocycles. The zero-order valence-corrected chi connectivity index (χ0v) is 5.91. The molecule has 0 heterocycles. The van der Waals surface area contributed by atoms with Crippen LogP contribution in [0.2, 0.25) is 0 Å². The molecule has 0 aromatic heterocycles. The van der Waals surface area contributed by atoms with Gasteiger partial charge in [-0.1, -0.05) is 13.8 Å². The molecule has 4 atom stereocenters. The minimum Gasteiger partial charge on any atom is -0.390 e. The van der Waals surface area contributed by atoms with Gasteiger partial charge in [-0.3, -0.25) is 0 Å². The molecule has 0 aromatic rings. The summed E-state index contributed by atoms with van der Waals surface area (Å²) in [5.41, 5.74) is 0. The van der Waals surface area contributed by atoms with Crippen molar-refractivity contribution in [1.82, 2.24) is 0 Å². The van der Waals surface area contributed by atoms with E-state index in [2.05, 4.69) is 0 Å². The van der Waals surface area contributed by atoms with Crippen molar-refractivity contribution in [3.05, 3.63) is 0 Å². The van der Waals surface area contributed by atoms with Crippen molar-refractivity contribution in [2.24, 2.45) is 11.8 Å². The number of rotatable bonds is 0. The van der Waals surface area contributed by atoms with Crippen molar-refractivity contribution >= 4 is 0 Å². The van der Waals surface area contributed by atoms with Gasteiger partial charge < -0.3 is 10.2 Å². The first-order chi connectivity index (χ1) is 4.13. The first kappa shape index (κ1) is 7.03. The molecule has 0 spiro atoms. The Bertz CT molecular complexity index is 91.1. The highest BCUT2D eigenvalue weighted by atomic mass is 16.3. The van der Waals surface area contributed by atoms with Crippen molar-refractivity contribution in [3.8, 4) is 0 Å². The van der Waals surface area contributed by atoms with Gasteiger partial charge in [-0.15, -0.1) is 0 Å². The molecule has 2 nitrogen and oxygen atoms in total. The van der Waals surface area contributed by atoms with E-state index in [1.54, 1.807) is 0 Å². The number of hydrogen-bond donors (Lipinski definition) is 2. The Morgan fingerprint density at radius 2 is 1.33 bits per heavy atom. The molecular formula is C7H14O2. The fourth-order valence-corrected chi connectivity index (χ4v) is 1.54. The predicted octanol–water partition coefficient (Wildman–Crippen LogP) is 0.384. The minimum atomic E-state index is -0.486. The molecule has 0 saturated heterocycles. The number of aliphatic hydroxyl groups excluding tert-OH is 2. The van der Waals surface area contributed by atoms with Gasteiger partial charge in [0.05, 0.1) is 12.2 Å². The molecule has 2 heteroatoms. The molecule has 0 amide bonds. The summed E-state index contributed by atoms with van der Waals surface area (Å²) in [6, 6.07) is 0. The summed E-state index contributed by atoms with van der Waals surface area (Å²) in [5.74, 6) is 0.546. The Balaban J connectivity index is 2.54. The SMILES string of the molecule is C[C@@H]1C[C@H](C)[C@@H](O)[C@H]1O. The zero-order chi connectivity index (χ0) is 7.02. The summed E-state index contributed by atoms with van der Waals surface area (Å²) < 4.78 is 0. The summed E-state index contributed by atoms with van der Waals surface area (Å²) >= 11 is 0. The van der Waals surface area contributed by atoms with Crippen LogP contribution in [-0.2, 0) is 0 Å². The normalized spacial score (nSPS) is 52.0. The summed E-state index contributed by atoms with van der Waals surface area (Å²) in [4.78, 5) is 0. The second-order valence-electron chi connectivity index (χ2n) is 3.17. The standard InChI is InChI=1S/C7H14O2/c1-4-3-5(2)7(9)6(4)8/h4-9H,3H2,1-2H3/t4-,5+,6+,7-. The van der Waals surface area contributed by atoms with Crippen LogP contribution in [0.15, 0.2) is 0 Å². The van der Waals surface area contributed by atoms with E-state index >= 15 is 0 Å². The van der Waals surface area contributed by atoms with E-state index in [4.69, 9.17) is 0 Å². The van der Waals surface area contributed by atoms with E-state index in [-0.39, 0.29) is 11.8 Å². The van der Waals surface area contributed by atoms with E-state index in [1.807, 2.05) is 13.8 Å². The molecule has 1 saturated carbocycles. The second kappa shape index (κ2) is 2.27. The molecule has 54 valence electrons. The van der Waals surface area contributed by atoms with E-state index in [0.29, 0.717) is 0 Å². The van der Waals surface area contributed by atoms with Crippen LogP contribution in [0, 0.1) is 11.8 Å². The van der Waals surface area contributed by atoms with E-state index in [9.17, 15) is 10.2 Å². The third kappa shape index (κ3) is 1.10. The molecule has 9 heavy (non-hydrogen) atoms. The highest BCUT2D eigenvalue weighted by molar-refractivity contribution is 4.86. The van der Waals surface area contributed by atoms with Crippen molar-refractivity contribution in [3.63, 3.8) is 0 Å². The third-order valence-electron chi connectivity index (χ3n) is 2.26. The van der Waals surface area contributed by atoms with Crippen LogP contribution >= 0.6 is 0 Å². The van der Waals surface area contributed by atoms with Gasteiger partial charge in [0.1, 0.15) is 0 Å². The van der Waals surface area contributed by atoms with Crippen molar-refractivity contribution in [1.29, 1.82) is 0 Å². The van der Waals surface area contributed by atoms with E-state index < -0.39 is 12.2 Å². The first-order valence-corrected chi connectivity index (χ1v) is 3.49. The quantitative estimate of drug-likeness (QED) is 0.498. The van der Waals surface area contributed by atoms with Crippen LogP contribution in [0.1, 0.15) is 20.3 Å². The topological polar surface area (TPSA) is 40.5 Å². The van der Waals surface area contributed by atoms with Gasteiger partial charge in [0, 0.05) is 0 Å². The molecule has 0 bridgehead atoms. The Morgan fingerprint density at radius 1 is 1.00 bits per heavy atom. The molecule has 1 fully saturated rings. The molecular weight excluding hydrogens is 116 g/mol. The Kier molecular flexibility index (Phi) is 1.78. The molecule has 0 aliphatic heterocycles.